The van der Waals surface area contributed by atoms with Crippen LogP contribution < -0.4 is 4.74 Å². The highest BCUT2D eigenvalue weighted by Gasteiger charge is 2.58. The van der Waals surface area contributed by atoms with Crippen molar-refractivity contribution in [3.63, 3.8) is 0 Å². The predicted molar refractivity (Wildman–Crippen MR) is 127 cm³/mol. The molecule has 0 radical (unpaired) electrons. The standard InChI is InChI=1S/C27H31NO5/c1-7-32-25(29)23-18(3)28(5)19(4)27(26(30)33-8-2,21-12-10-9-11-13-21)24(23)20-14-16-22(31-6)17-15-20/h9-17,24H,4,7-8H2,1-3,5-6H3/t24-,27-/m0/s1. The molecule has 0 N–H and O–H groups in total. The van der Waals surface area contributed by atoms with E-state index in [1.165, 1.54) is 0 Å². The summed E-state index contributed by atoms with van der Waals surface area (Å²) in [6.07, 6.45) is 0. The summed E-state index contributed by atoms with van der Waals surface area (Å²) < 4.78 is 16.5. The van der Waals surface area contributed by atoms with E-state index in [1.54, 1.807) is 32.9 Å². The maximum atomic E-state index is 13.9. The number of carbonyl (C=O) groups is 2. The van der Waals surface area contributed by atoms with Crippen molar-refractivity contribution >= 4 is 11.9 Å². The molecule has 0 fully saturated rings. The Morgan fingerprint density at radius 3 is 2.15 bits per heavy atom. The normalized spacial score (nSPS) is 20.5. The predicted octanol–water partition coefficient (Wildman–Crippen LogP) is 4.58. The second-order valence-corrected chi connectivity index (χ2v) is 7.83. The Bertz CT molecular complexity index is 1060. The van der Waals surface area contributed by atoms with Crippen molar-refractivity contribution in [2.75, 3.05) is 27.4 Å². The fourth-order valence-corrected chi connectivity index (χ4v) is 4.56. The Hall–Kier alpha value is -3.54. The molecule has 0 aromatic heterocycles. The first-order valence-electron chi connectivity index (χ1n) is 11.0. The molecule has 0 aliphatic carbocycles. The summed E-state index contributed by atoms with van der Waals surface area (Å²) in [5.74, 6) is -0.985. The van der Waals surface area contributed by atoms with Gasteiger partial charge in [-0.2, -0.15) is 0 Å². The molecule has 1 aliphatic rings. The molecule has 3 rings (SSSR count). The number of ether oxygens (including phenoxy) is 3. The number of nitrogens with zero attached hydrogens (tertiary/aromatic N) is 1. The van der Waals surface area contributed by atoms with Gasteiger partial charge in [-0.15, -0.1) is 0 Å². The Morgan fingerprint density at radius 1 is 1.00 bits per heavy atom. The third kappa shape index (κ3) is 4.01. The van der Waals surface area contributed by atoms with E-state index >= 15 is 0 Å². The summed E-state index contributed by atoms with van der Waals surface area (Å²) in [5, 5.41) is 0. The minimum absolute atomic E-state index is 0.192. The molecule has 0 bridgehead atoms. The molecular weight excluding hydrogens is 418 g/mol. The Labute approximate surface area is 195 Å². The van der Waals surface area contributed by atoms with Gasteiger partial charge >= 0.3 is 11.9 Å². The Balaban J connectivity index is 2.44. The quantitative estimate of drug-likeness (QED) is 0.577. The zero-order valence-corrected chi connectivity index (χ0v) is 19.9. The first kappa shape index (κ1) is 24.1. The van der Waals surface area contributed by atoms with Crippen LogP contribution in [0, 0.1) is 0 Å². The van der Waals surface area contributed by atoms with Crippen LogP contribution in [-0.4, -0.2) is 44.2 Å². The van der Waals surface area contributed by atoms with Crippen LogP contribution in [0.15, 0.2) is 78.1 Å². The second kappa shape index (κ2) is 9.94. The molecule has 0 saturated heterocycles. The fourth-order valence-electron chi connectivity index (χ4n) is 4.56. The van der Waals surface area contributed by atoms with E-state index in [9.17, 15) is 9.59 Å². The van der Waals surface area contributed by atoms with Gasteiger partial charge in [-0.1, -0.05) is 49.0 Å². The van der Waals surface area contributed by atoms with Gasteiger partial charge in [0.15, 0.2) is 0 Å². The summed E-state index contributed by atoms with van der Waals surface area (Å²) >= 11 is 0. The molecule has 2 atom stereocenters. The zero-order valence-electron chi connectivity index (χ0n) is 19.9. The smallest absolute Gasteiger partial charge is 0.336 e. The van der Waals surface area contributed by atoms with Gasteiger partial charge in [-0.25, -0.2) is 4.79 Å². The van der Waals surface area contributed by atoms with E-state index < -0.39 is 23.3 Å². The second-order valence-electron chi connectivity index (χ2n) is 7.83. The van der Waals surface area contributed by atoms with Crippen molar-refractivity contribution in [2.24, 2.45) is 0 Å². The molecule has 6 nitrogen and oxygen atoms in total. The van der Waals surface area contributed by atoms with Crippen LogP contribution in [-0.2, 0) is 24.5 Å². The van der Waals surface area contributed by atoms with E-state index in [4.69, 9.17) is 14.2 Å². The SMILES string of the molecule is C=C1N(C)C(C)=C(C(=O)OCC)[C@H](c2ccc(OC)cc2)[C@@]1(C(=O)OCC)c1ccccc1. The molecule has 1 aliphatic heterocycles. The van der Waals surface area contributed by atoms with Crippen LogP contribution in [0.5, 0.6) is 5.75 Å². The summed E-state index contributed by atoms with van der Waals surface area (Å²) in [5.41, 5.74) is 1.67. The van der Waals surface area contributed by atoms with Crippen molar-refractivity contribution in [2.45, 2.75) is 32.1 Å². The largest absolute Gasteiger partial charge is 0.497 e. The fraction of sp³-hybridized carbons (Fsp3) is 0.333. The molecule has 2 aromatic rings. The van der Waals surface area contributed by atoms with E-state index in [0.29, 0.717) is 28.3 Å². The molecule has 0 unspecified atom stereocenters. The van der Waals surface area contributed by atoms with Gasteiger partial charge in [0.2, 0.25) is 0 Å². The van der Waals surface area contributed by atoms with Crippen molar-refractivity contribution in [1.82, 2.24) is 4.90 Å². The van der Waals surface area contributed by atoms with Crippen molar-refractivity contribution in [3.05, 3.63) is 89.3 Å². The van der Waals surface area contributed by atoms with Crippen molar-refractivity contribution in [3.8, 4) is 5.75 Å². The molecule has 2 aromatic carbocycles. The summed E-state index contributed by atoms with van der Waals surface area (Å²) in [4.78, 5) is 29.0. The van der Waals surface area contributed by atoms with Gasteiger partial charge in [-0.3, -0.25) is 4.79 Å². The van der Waals surface area contributed by atoms with E-state index in [0.717, 1.165) is 5.56 Å². The topological polar surface area (TPSA) is 65.1 Å². The van der Waals surface area contributed by atoms with Crippen molar-refractivity contribution < 1.29 is 23.8 Å². The average Bonchev–Trinajstić information content (AvgIpc) is 2.83. The third-order valence-corrected chi connectivity index (χ3v) is 6.25. The van der Waals surface area contributed by atoms with Crippen LogP contribution in [0.25, 0.3) is 0 Å². The first-order valence-corrected chi connectivity index (χ1v) is 11.0. The monoisotopic (exact) mass is 449 g/mol. The lowest BCUT2D eigenvalue weighted by Crippen LogP contribution is -2.53. The number of esters is 2. The van der Waals surface area contributed by atoms with E-state index in [1.807, 2.05) is 61.5 Å². The van der Waals surface area contributed by atoms with Gasteiger partial charge in [0, 0.05) is 24.4 Å². The molecule has 174 valence electrons. The van der Waals surface area contributed by atoms with Gasteiger partial charge < -0.3 is 19.1 Å². The minimum Gasteiger partial charge on any atom is -0.497 e. The summed E-state index contributed by atoms with van der Waals surface area (Å²) in [6, 6.07) is 16.7. The van der Waals surface area contributed by atoms with Crippen LogP contribution in [0.2, 0.25) is 0 Å². The molecule has 33 heavy (non-hydrogen) atoms. The highest BCUT2D eigenvalue weighted by atomic mass is 16.5. The van der Waals surface area contributed by atoms with Gasteiger partial charge in [0.25, 0.3) is 0 Å². The maximum Gasteiger partial charge on any atom is 0.336 e. The molecule has 1 heterocycles. The number of rotatable bonds is 7. The lowest BCUT2D eigenvalue weighted by molar-refractivity contribution is -0.150. The number of hydrogen-bond donors (Lipinski definition) is 0. The molecule has 6 heteroatoms. The number of allylic oxidation sites excluding steroid dienone is 1. The third-order valence-electron chi connectivity index (χ3n) is 6.25. The highest BCUT2D eigenvalue weighted by Crippen LogP contribution is 2.54. The van der Waals surface area contributed by atoms with E-state index in [-0.39, 0.29) is 13.2 Å². The first-order chi connectivity index (χ1) is 15.8. The Kier molecular flexibility index (Phi) is 7.26. The van der Waals surface area contributed by atoms with Crippen LogP contribution in [0.4, 0.5) is 0 Å². The minimum atomic E-state index is -1.37. The van der Waals surface area contributed by atoms with Crippen LogP contribution >= 0.6 is 0 Å². The van der Waals surface area contributed by atoms with Gasteiger partial charge in [0.05, 0.1) is 25.9 Å². The van der Waals surface area contributed by atoms with Gasteiger partial charge in [-0.05, 0) is 44.0 Å². The number of methoxy groups -OCH3 is 1. The summed E-state index contributed by atoms with van der Waals surface area (Å²) in [7, 11) is 3.39. The van der Waals surface area contributed by atoms with Crippen LogP contribution in [0.3, 0.4) is 0 Å². The Morgan fingerprint density at radius 2 is 1.61 bits per heavy atom. The molecule has 0 amide bonds. The van der Waals surface area contributed by atoms with Crippen molar-refractivity contribution in [1.29, 1.82) is 0 Å². The lowest BCUT2D eigenvalue weighted by atomic mass is 9.60. The molecular formula is C27H31NO5. The molecule has 0 spiro atoms. The lowest BCUT2D eigenvalue weighted by Gasteiger charge is -2.48. The zero-order chi connectivity index (χ0) is 24.2. The average molecular weight is 450 g/mol. The number of hydrogen-bond acceptors (Lipinski definition) is 6. The van der Waals surface area contributed by atoms with Crippen LogP contribution in [0.1, 0.15) is 37.8 Å². The van der Waals surface area contributed by atoms with E-state index in [2.05, 4.69) is 6.58 Å². The maximum absolute atomic E-state index is 13.9. The van der Waals surface area contributed by atoms with Gasteiger partial charge in [0.1, 0.15) is 11.2 Å². The number of carbonyl (C=O) groups excluding carboxylic acids is 2. The summed E-state index contributed by atoms with van der Waals surface area (Å²) in [6.45, 7) is 10.1. The highest BCUT2D eigenvalue weighted by molar-refractivity contribution is 5.98. The number of likely N-dealkylation sites (N-methyl/N-ethyl adjacent to an activating group) is 1. The molecule has 0 saturated carbocycles. The number of benzene rings is 2.